The van der Waals surface area contributed by atoms with Gasteiger partial charge in [-0.3, -0.25) is 4.79 Å². The molecule has 0 saturated carbocycles. The second-order valence-corrected chi connectivity index (χ2v) is 4.96. The number of carbonyl (C=O) groups excluding carboxylic acids is 1. The van der Waals surface area contributed by atoms with E-state index >= 15 is 0 Å². The van der Waals surface area contributed by atoms with E-state index in [4.69, 9.17) is 23.2 Å². The van der Waals surface area contributed by atoms with Crippen molar-refractivity contribution in [2.75, 3.05) is 5.75 Å². The average Bonchev–Trinajstić information content (AvgIpc) is 2.68. The summed E-state index contributed by atoms with van der Waals surface area (Å²) in [5, 5.41) is 11.8. The molecule has 4 nitrogen and oxygen atoms in total. The molecule has 1 fully saturated rings. The van der Waals surface area contributed by atoms with E-state index in [0.29, 0.717) is 21.0 Å². The Morgan fingerprint density at radius 2 is 2.24 bits per heavy atom. The number of carbonyl (C=O) groups is 1. The molecule has 1 aromatic carbocycles. The van der Waals surface area contributed by atoms with Crippen molar-refractivity contribution in [3.63, 3.8) is 0 Å². The third kappa shape index (κ3) is 3.46. The summed E-state index contributed by atoms with van der Waals surface area (Å²) >= 11 is 13.0. The lowest BCUT2D eigenvalue weighted by molar-refractivity contribution is -0.116. The van der Waals surface area contributed by atoms with Gasteiger partial charge in [-0.15, -0.1) is 5.10 Å². The van der Waals surface area contributed by atoms with Crippen LogP contribution in [0.4, 0.5) is 0 Å². The van der Waals surface area contributed by atoms with Crippen LogP contribution in [0.15, 0.2) is 28.4 Å². The molecule has 1 aliphatic heterocycles. The number of hydrogen-bond acceptors (Lipinski definition) is 4. The summed E-state index contributed by atoms with van der Waals surface area (Å²) in [4.78, 5) is 10.9. The van der Waals surface area contributed by atoms with E-state index in [1.807, 2.05) is 0 Å². The number of amidine groups is 1. The fourth-order valence-electron chi connectivity index (χ4n) is 1.13. The van der Waals surface area contributed by atoms with Crippen LogP contribution in [-0.2, 0) is 4.79 Å². The molecule has 0 aromatic heterocycles. The minimum absolute atomic E-state index is 0.0616. The predicted molar refractivity (Wildman–Crippen MR) is 72.1 cm³/mol. The Morgan fingerprint density at radius 1 is 1.41 bits per heavy atom. The summed E-state index contributed by atoms with van der Waals surface area (Å²) in [7, 11) is 0. The van der Waals surface area contributed by atoms with Gasteiger partial charge in [0.25, 0.3) is 0 Å². The Balaban J connectivity index is 2.08. The largest absolute Gasteiger partial charge is 0.303 e. The van der Waals surface area contributed by atoms with Crippen molar-refractivity contribution in [2.24, 2.45) is 10.2 Å². The molecule has 0 unspecified atom stereocenters. The van der Waals surface area contributed by atoms with Gasteiger partial charge in [-0.25, -0.2) is 0 Å². The predicted octanol–water partition coefficient (Wildman–Crippen LogP) is 2.55. The zero-order valence-electron chi connectivity index (χ0n) is 8.48. The number of thioether (sulfide) groups is 1. The van der Waals surface area contributed by atoms with Crippen molar-refractivity contribution in [2.45, 2.75) is 0 Å². The highest BCUT2D eigenvalue weighted by atomic mass is 35.5. The molecule has 1 amide bonds. The van der Waals surface area contributed by atoms with Crippen molar-refractivity contribution in [1.29, 1.82) is 0 Å². The van der Waals surface area contributed by atoms with E-state index in [9.17, 15) is 4.79 Å². The van der Waals surface area contributed by atoms with Crippen LogP contribution in [0.25, 0.3) is 0 Å². The van der Waals surface area contributed by atoms with Crippen LogP contribution in [0.5, 0.6) is 0 Å². The van der Waals surface area contributed by atoms with Gasteiger partial charge in [-0.05, 0) is 12.1 Å². The molecule has 0 aliphatic carbocycles. The molecule has 1 aliphatic rings. The first-order valence-electron chi connectivity index (χ1n) is 4.64. The number of nitrogens with zero attached hydrogens (tertiary/aromatic N) is 2. The quantitative estimate of drug-likeness (QED) is 0.671. The molecule has 1 saturated heterocycles. The van der Waals surface area contributed by atoms with Crippen molar-refractivity contribution in [3.05, 3.63) is 33.8 Å². The summed E-state index contributed by atoms with van der Waals surface area (Å²) in [6, 6.07) is 5.09. The monoisotopic (exact) mass is 287 g/mol. The molecule has 0 radical (unpaired) electrons. The van der Waals surface area contributed by atoms with E-state index in [1.165, 1.54) is 18.0 Å². The second kappa shape index (κ2) is 5.53. The van der Waals surface area contributed by atoms with Crippen molar-refractivity contribution < 1.29 is 4.79 Å². The highest BCUT2D eigenvalue weighted by Gasteiger charge is 2.15. The lowest BCUT2D eigenvalue weighted by Gasteiger charge is -1.96. The van der Waals surface area contributed by atoms with Gasteiger partial charge >= 0.3 is 0 Å². The Hall–Kier alpha value is -1.04. The van der Waals surface area contributed by atoms with E-state index in [2.05, 4.69) is 15.5 Å². The zero-order valence-corrected chi connectivity index (χ0v) is 10.8. The van der Waals surface area contributed by atoms with Gasteiger partial charge < -0.3 is 5.32 Å². The third-order valence-corrected chi connectivity index (χ3v) is 3.32. The minimum atomic E-state index is -0.0616. The zero-order chi connectivity index (χ0) is 12.3. The summed E-state index contributed by atoms with van der Waals surface area (Å²) in [6.45, 7) is 0. The van der Waals surface area contributed by atoms with Crippen LogP contribution in [0.2, 0.25) is 10.0 Å². The molecule has 1 N–H and O–H groups in total. The van der Waals surface area contributed by atoms with Crippen LogP contribution in [0, 0.1) is 0 Å². The summed E-state index contributed by atoms with van der Waals surface area (Å²) < 4.78 is 0. The van der Waals surface area contributed by atoms with Crippen molar-refractivity contribution >= 4 is 52.3 Å². The molecule has 1 heterocycles. The molecule has 0 bridgehead atoms. The van der Waals surface area contributed by atoms with Crippen LogP contribution in [-0.4, -0.2) is 23.0 Å². The van der Waals surface area contributed by atoms with E-state index in [0.717, 1.165) is 5.56 Å². The molecular weight excluding hydrogens is 281 g/mol. The van der Waals surface area contributed by atoms with Crippen molar-refractivity contribution in [3.8, 4) is 0 Å². The van der Waals surface area contributed by atoms with Gasteiger partial charge in [0.15, 0.2) is 5.17 Å². The first-order valence-corrected chi connectivity index (χ1v) is 6.38. The van der Waals surface area contributed by atoms with Crippen LogP contribution < -0.4 is 5.32 Å². The first kappa shape index (κ1) is 12.4. The molecule has 0 spiro atoms. The average molecular weight is 288 g/mol. The fourth-order valence-corrected chi connectivity index (χ4v) is 2.22. The number of rotatable bonds is 2. The molecule has 0 atom stereocenters. The smallest absolute Gasteiger partial charge is 0.236 e. The van der Waals surface area contributed by atoms with Gasteiger partial charge in [0.05, 0.1) is 17.0 Å². The van der Waals surface area contributed by atoms with E-state index < -0.39 is 0 Å². The molecule has 88 valence electrons. The summed E-state index contributed by atoms with van der Waals surface area (Å²) in [5.74, 6) is 0.323. The van der Waals surface area contributed by atoms with Gasteiger partial charge in [-0.1, -0.05) is 41.0 Å². The maximum absolute atomic E-state index is 10.9. The SMILES string of the molecule is O=C1CS/C(=N\N=C\c2ccc(Cl)cc2Cl)N1. The molecule has 2 rings (SSSR count). The number of hydrogen-bond donors (Lipinski definition) is 1. The lowest BCUT2D eigenvalue weighted by Crippen LogP contribution is -2.19. The van der Waals surface area contributed by atoms with Crippen LogP contribution in [0.3, 0.4) is 0 Å². The lowest BCUT2D eigenvalue weighted by atomic mass is 10.2. The Kier molecular flexibility index (Phi) is 4.04. The minimum Gasteiger partial charge on any atom is -0.303 e. The van der Waals surface area contributed by atoms with E-state index in [-0.39, 0.29) is 5.91 Å². The molecule has 7 heteroatoms. The number of halogens is 2. The molecule has 17 heavy (non-hydrogen) atoms. The maximum Gasteiger partial charge on any atom is 0.236 e. The molecule has 1 aromatic rings. The highest BCUT2D eigenvalue weighted by molar-refractivity contribution is 8.15. The third-order valence-electron chi connectivity index (χ3n) is 1.89. The Bertz CT molecular complexity index is 516. The highest BCUT2D eigenvalue weighted by Crippen LogP contribution is 2.19. The number of amides is 1. The maximum atomic E-state index is 10.9. The first-order chi connectivity index (χ1) is 8.15. The summed E-state index contributed by atoms with van der Waals surface area (Å²) in [5.41, 5.74) is 0.717. The van der Waals surface area contributed by atoms with Crippen LogP contribution in [0.1, 0.15) is 5.56 Å². The Morgan fingerprint density at radius 3 is 2.88 bits per heavy atom. The summed E-state index contributed by atoms with van der Waals surface area (Å²) in [6.07, 6.45) is 1.51. The van der Waals surface area contributed by atoms with E-state index in [1.54, 1.807) is 18.2 Å². The standard InChI is InChI=1S/C10H7Cl2N3OS/c11-7-2-1-6(8(12)3-7)4-13-15-10-14-9(16)5-17-10/h1-4H,5H2,(H,14,15,16)/b13-4+. The van der Waals surface area contributed by atoms with Gasteiger partial charge in [0.1, 0.15) is 0 Å². The fraction of sp³-hybridized carbons (Fsp3) is 0.100. The van der Waals surface area contributed by atoms with Crippen molar-refractivity contribution in [1.82, 2.24) is 5.32 Å². The number of nitrogens with one attached hydrogen (secondary N) is 1. The molecular formula is C10H7Cl2N3OS. The topological polar surface area (TPSA) is 53.8 Å². The number of benzene rings is 1. The Labute approximate surface area is 112 Å². The normalized spacial score (nSPS) is 18.0. The van der Waals surface area contributed by atoms with Gasteiger partial charge in [-0.2, -0.15) is 5.10 Å². The van der Waals surface area contributed by atoms with Gasteiger partial charge in [0, 0.05) is 10.6 Å². The van der Waals surface area contributed by atoms with Crippen LogP contribution >= 0.6 is 35.0 Å². The van der Waals surface area contributed by atoms with Gasteiger partial charge in [0.2, 0.25) is 5.91 Å². The second-order valence-electron chi connectivity index (χ2n) is 3.15.